The highest BCUT2D eigenvalue weighted by Crippen LogP contribution is 2.35. The SMILES string of the molecule is CC(=O)Nc1ccc(C2CNC(C)(C(=O)Nc3ccc(C#N)c(C(F)(F)F)c3)C2)cc1. The Morgan fingerprint density at radius 3 is 2.35 bits per heavy atom. The molecule has 2 atom stereocenters. The van der Waals surface area contributed by atoms with Crippen LogP contribution in [0.25, 0.3) is 0 Å². The zero-order valence-electron chi connectivity index (χ0n) is 16.9. The summed E-state index contributed by atoms with van der Waals surface area (Å²) in [7, 11) is 0. The molecule has 2 unspecified atom stereocenters. The zero-order chi connectivity index (χ0) is 22.8. The van der Waals surface area contributed by atoms with E-state index in [1.165, 1.54) is 19.1 Å². The molecule has 1 aliphatic heterocycles. The molecule has 0 saturated carbocycles. The van der Waals surface area contributed by atoms with Gasteiger partial charge >= 0.3 is 6.18 Å². The molecule has 0 bridgehead atoms. The van der Waals surface area contributed by atoms with E-state index in [9.17, 15) is 22.8 Å². The Bertz CT molecular complexity index is 1040. The van der Waals surface area contributed by atoms with Crippen LogP contribution in [0.15, 0.2) is 42.5 Å². The largest absolute Gasteiger partial charge is 0.417 e. The van der Waals surface area contributed by atoms with Crippen LogP contribution in [0.1, 0.15) is 42.9 Å². The second-order valence-corrected chi connectivity index (χ2v) is 7.74. The van der Waals surface area contributed by atoms with Crippen molar-refractivity contribution in [1.82, 2.24) is 5.32 Å². The molecular formula is C22H21F3N4O2. The smallest absolute Gasteiger partial charge is 0.326 e. The van der Waals surface area contributed by atoms with Crippen LogP contribution in [-0.4, -0.2) is 23.9 Å². The van der Waals surface area contributed by atoms with Crippen molar-refractivity contribution in [1.29, 1.82) is 5.26 Å². The standard InChI is InChI=1S/C22H21F3N4O2/c1-13(30)28-17-6-3-14(4-7-17)16-10-21(2,27-12-16)20(31)29-18-8-5-15(11-26)19(9-18)22(23,24)25/h3-9,16,27H,10,12H2,1-2H3,(H,28,30)(H,29,31). The van der Waals surface area contributed by atoms with Gasteiger partial charge in [0.25, 0.3) is 0 Å². The van der Waals surface area contributed by atoms with Crippen LogP contribution in [0.5, 0.6) is 0 Å². The Labute approximate surface area is 177 Å². The van der Waals surface area contributed by atoms with E-state index in [-0.39, 0.29) is 17.5 Å². The van der Waals surface area contributed by atoms with Gasteiger partial charge in [0.2, 0.25) is 11.8 Å². The Morgan fingerprint density at radius 1 is 1.13 bits per heavy atom. The molecule has 3 rings (SSSR count). The number of halogens is 3. The molecule has 0 spiro atoms. The van der Waals surface area contributed by atoms with Crippen LogP contribution in [0, 0.1) is 11.3 Å². The van der Waals surface area contributed by atoms with Crippen molar-refractivity contribution in [2.24, 2.45) is 0 Å². The maximum atomic E-state index is 13.2. The van der Waals surface area contributed by atoms with Gasteiger partial charge in [-0.2, -0.15) is 18.4 Å². The van der Waals surface area contributed by atoms with Gasteiger partial charge in [0.05, 0.1) is 22.7 Å². The number of benzene rings is 2. The van der Waals surface area contributed by atoms with E-state index < -0.39 is 28.7 Å². The molecule has 0 aromatic heterocycles. The maximum Gasteiger partial charge on any atom is 0.417 e. The van der Waals surface area contributed by atoms with Crippen molar-refractivity contribution in [3.05, 3.63) is 59.2 Å². The molecule has 2 aromatic rings. The van der Waals surface area contributed by atoms with E-state index in [1.807, 2.05) is 12.1 Å². The van der Waals surface area contributed by atoms with Gasteiger partial charge < -0.3 is 16.0 Å². The molecule has 1 saturated heterocycles. The van der Waals surface area contributed by atoms with Crippen LogP contribution >= 0.6 is 0 Å². The van der Waals surface area contributed by atoms with Gasteiger partial charge in [-0.3, -0.25) is 9.59 Å². The Balaban J connectivity index is 1.72. The van der Waals surface area contributed by atoms with Crippen molar-refractivity contribution in [3.63, 3.8) is 0 Å². The first-order valence-corrected chi connectivity index (χ1v) is 9.57. The summed E-state index contributed by atoms with van der Waals surface area (Å²) < 4.78 is 39.5. The monoisotopic (exact) mass is 430 g/mol. The molecule has 0 radical (unpaired) electrons. The molecule has 1 heterocycles. The molecule has 0 aliphatic carbocycles. The summed E-state index contributed by atoms with van der Waals surface area (Å²) in [6.45, 7) is 3.64. The van der Waals surface area contributed by atoms with E-state index in [0.29, 0.717) is 18.7 Å². The predicted octanol–water partition coefficient (Wildman–Crippen LogP) is 4.01. The lowest BCUT2D eigenvalue weighted by molar-refractivity contribution is -0.137. The molecule has 9 heteroatoms. The molecule has 2 aromatic carbocycles. The van der Waals surface area contributed by atoms with Crippen molar-refractivity contribution in [2.45, 2.75) is 37.9 Å². The zero-order valence-corrected chi connectivity index (χ0v) is 16.9. The second kappa shape index (κ2) is 8.40. The number of amides is 2. The molecule has 2 amide bonds. The minimum atomic E-state index is -4.70. The number of rotatable bonds is 4. The average Bonchev–Trinajstić information content (AvgIpc) is 3.11. The number of alkyl halides is 3. The highest BCUT2D eigenvalue weighted by Gasteiger charge is 2.41. The minimum Gasteiger partial charge on any atom is -0.326 e. The van der Waals surface area contributed by atoms with E-state index in [2.05, 4.69) is 16.0 Å². The Kier molecular flexibility index (Phi) is 6.04. The fourth-order valence-corrected chi connectivity index (χ4v) is 3.66. The van der Waals surface area contributed by atoms with E-state index in [0.717, 1.165) is 17.7 Å². The van der Waals surface area contributed by atoms with Crippen molar-refractivity contribution in [3.8, 4) is 6.07 Å². The number of hydrogen-bond acceptors (Lipinski definition) is 4. The van der Waals surface area contributed by atoms with Crippen LogP contribution in [-0.2, 0) is 15.8 Å². The van der Waals surface area contributed by atoms with Crippen molar-refractivity contribution in [2.75, 3.05) is 17.2 Å². The fourth-order valence-electron chi connectivity index (χ4n) is 3.66. The van der Waals surface area contributed by atoms with Crippen LogP contribution in [0.3, 0.4) is 0 Å². The van der Waals surface area contributed by atoms with Crippen LogP contribution in [0.2, 0.25) is 0 Å². The van der Waals surface area contributed by atoms with Gasteiger partial charge in [-0.1, -0.05) is 12.1 Å². The fraction of sp³-hybridized carbons (Fsp3) is 0.318. The summed E-state index contributed by atoms with van der Waals surface area (Å²) in [5.74, 6) is -0.604. The maximum absolute atomic E-state index is 13.2. The number of nitrogens with one attached hydrogen (secondary N) is 3. The number of carbonyl (C=O) groups excluding carboxylic acids is 2. The average molecular weight is 430 g/mol. The van der Waals surface area contributed by atoms with E-state index in [4.69, 9.17) is 5.26 Å². The molecule has 1 fully saturated rings. The summed E-state index contributed by atoms with van der Waals surface area (Å²) in [6, 6.07) is 11.9. The number of nitrogens with zero attached hydrogens (tertiary/aromatic N) is 1. The third-order valence-electron chi connectivity index (χ3n) is 5.30. The first-order chi connectivity index (χ1) is 14.5. The van der Waals surface area contributed by atoms with Crippen molar-refractivity contribution >= 4 is 23.2 Å². The predicted molar refractivity (Wildman–Crippen MR) is 109 cm³/mol. The van der Waals surface area contributed by atoms with E-state index >= 15 is 0 Å². The first kappa shape index (κ1) is 22.3. The minimum absolute atomic E-state index is 0.0221. The number of nitriles is 1. The number of anilines is 2. The Hall–Kier alpha value is -3.38. The van der Waals surface area contributed by atoms with Gasteiger partial charge in [-0.15, -0.1) is 0 Å². The number of hydrogen-bond donors (Lipinski definition) is 3. The molecule has 6 nitrogen and oxygen atoms in total. The first-order valence-electron chi connectivity index (χ1n) is 9.57. The van der Waals surface area contributed by atoms with Gasteiger partial charge in [-0.25, -0.2) is 0 Å². The summed E-state index contributed by atoms with van der Waals surface area (Å²) >= 11 is 0. The quantitative estimate of drug-likeness (QED) is 0.683. The lowest BCUT2D eigenvalue weighted by Crippen LogP contribution is -2.48. The van der Waals surface area contributed by atoms with Crippen LogP contribution in [0.4, 0.5) is 24.5 Å². The lowest BCUT2D eigenvalue weighted by Gasteiger charge is -2.24. The summed E-state index contributed by atoms with van der Waals surface area (Å²) in [5, 5.41) is 17.3. The molecular weight excluding hydrogens is 409 g/mol. The van der Waals surface area contributed by atoms with Gasteiger partial charge in [0.15, 0.2) is 0 Å². The summed E-state index contributed by atoms with van der Waals surface area (Å²) in [4.78, 5) is 24.0. The molecule has 1 aliphatic rings. The molecule has 31 heavy (non-hydrogen) atoms. The van der Waals surface area contributed by atoms with Crippen molar-refractivity contribution < 1.29 is 22.8 Å². The summed E-state index contributed by atoms with van der Waals surface area (Å²) in [6.07, 6.45) is -4.25. The third kappa shape index (κ3) is 5.03. The topological polar surface area (TPSA) is 94.0 Å². The van der Waals surface area contributed by atoms with Gasteiger partial charge in [0, 0.05) is 24.8 Å². The highest BCUT2D eigenvalue weighted by atomic mass is 19.4. The summed E-state index contributed by atoms with van der Waals surface area (Å²) in [5.41, 5.74) is -0.942. The molecule has 3 N–H and O–H groups in total. The normalized spacial score (nSPS) is 20.7. The van der Waals surface area contributed by atoms with Gasteiger partial charge in [-0.05, 0) is 55.2 Å². The van der Waals surface area contributed by atoms with Crippen LogP contribution < -0.4 is 16.0 Å². The molecule has 162 valence electrons. The van der Waals surface area contributed by atoms with Gasteiger partial charge in [0.1, 0.15) is 0 Å². The lowest BCUT2D eigenvalue weighted by atomic mass is 9.89. The Morgan fingerprint density at radius 2 is 1.77 bits per heavy atom. The highest BCUT2D eigenvalue weighted by molar-refractivity contribution is 5.98. The number of carbonyl (C=O) groups is 2. The second-order valence-electron chi connectivity index (χ2n) is 7.74. The third-order valence-corrected chi connectivity index (χ3v) is 5.30. The van der Waals surface area contributed by atoms with E-state index in [1.54, 1.807) is 19.1 Å².